The monoisotopic (exact) mass is 458 g/mol. The van der Waals surface area contributed by atoms with E-state index in [9.17, 15) is 9.59 Å². The van der Waals surface area contributed by atoms with Crippen LogP contribution in [0.2, 0.25) is 0 Å². The maximum Gasteiger partial charge on any atom is 2.00 e. The summed E-state index contributed by atoms with van der Waals surface area (Å²) in [5.41, 5.74) is 0. The smallest absolute Gasteiger partial charge is 0.462 e. The number of aldehydes is 1. The quantitative estimate of drug-likeness (QED) is 0.278. The van der Waals surface area contributed by atoms with Crippen LogP contribution in [0.3, 0.4) is 0 Å². The minimum Gasteiger partial charge on any atom is -0.462 e. The molecule has 0 amide bonds. The Morgan fingerprint density at radius 2 is 1.57 bits per heavy atom. The van der Waals surface area contributed by atoms with Gasteiger partial charge < -0.3 is 9.53 Å². The predicted octanol–water partition coefficient (Wildman–Crippen LogP) is 1.45. The molecule has 0 spiro atoms. The van der Waals surface area contributed by atoms with E-state index in [4.69, 9.17) is 14.0 Å². The van der Waals surface area contributed by atoms with Crippen LogP contribution in [0.1, 0.15) is 12.8 Å². The predicted molar refractivity (Wildman–Crippen MR) is 67.4 cm³/mol. The van der Waals surface area contributed by atoms with Gasteiger partial charge in [0.25, 0.3) is 0 Å². The van der Waals surface area contributed by atoms with Crippen LogP contribution in [0.4, 0.5) is 0 Å². The van der Waals surface area contributed by atoms with Crippen LogP contribution in [-0.4, -0.2) is 18.4 Å². The molecule has 108 valence electrons. The molecular formula is C15H14O5W+2. The van der Waals surface area contributed by atoms with Gasteiger partial charge in [-0.3, -0.25) is 4.79 Å². The van der Waals surface area contributed by atoms with Crippen LogP contribution in [0, 0.1) is 64.7 Å². The van der Waals surface area contributed by atoms with Gasteiger partial charge in [-0.05, 0) is 45.4 Å². The zero-order valence-electron chi connectivity index (χ0n) is 11.2. The number of hydrogen-bond donors (Lipinski definition) is 0. The van der Waals surface area contributed by atoms with Crippen molar-refractivity contribution in [1.29, 1.82) is 0 Å². The Kier molecular flexibility index (Phi) is 23.2. The van der Waals surface area contributed by atoms with Crippen molar-refractivity contribution in [2.75, 3.05) is 0 Å². The summed E-state index contributed by atoms with van der Waals surface area (Å²) in [5, 5.41) is 0. The van der Waals surface area contributed by atoms with Crippen LogP contribution >= 0.6 is 0 Å². The summed E-state index contributed by atoms with van der Waals surface area (Å²) in [4.78, 5) is 20.7. The molecule has 0 aromatic rings. The van der Waals surface area contributed by atoms with Gasteiger partial charge in [0.15, 0.2) is 0 Å². The van der Waals surface area contributed by atoms with Crippen LogP contribution < -0.4 is 0 Å². The summed E-state index contributed by atoms with van der Waals surface area (Å²) >= 11 is 0. The topological polar surface area (TPSA) is 83.2 Å². The van der Waals surface area contributed by atoms with Gasteiger partial charge in [-0.15, -0.1) is 0 Å². The Morgan fingerprint density at radius 1 is 1.14 bits per heavy atom. The zero-order chi connectivity index (χ0) is 15.8. The van der Waals surface area contributed by atoms with Crippen LogP contribution in [0.15, 0.2) is 0 Å². The molecule has 2 rings (SSSR count). The van der Waals surface area contributed by atoms with E-state index in [0.717, 1.165) is 6.29 Å². The summed E-state index contributed by atoms with van der Waals surface area (Å²) < 4.78 is 19.8. The third-order valence-corrected chi connectivity index (χ3v) is 2.03. The van der Waals surface area contributed by atoms with Gasteiger partial charge in [0.2, 0.25) is 0 Å². The number of ether oxygens (including phenoxy) is 1. The first-order valence-corrected chi connectivity index (χ1v) is 5.50. The van der Waals surface area contributed by atoms with Gasteiger partial charge in [-0.25, -0.2) is 0 Å². The Balaban J connectivity index is -0.000000273. The molecule has 0 bridgehead atoms. The minimum atomic E-state index is -0.374. The van der Waals surface area contributed by atoms with Crippen molar-refractivity contribution < 1.29 is 44.7 Å². The maximum atomic E-state index is 10.7. The molecule has 1 saturated carbocycles. The Bertz CT molecular complexity index is 283. The van der Waals surface area contributed by atoms with E-state index < -0.39 is 0 Å². The molecule has 1 heterocycles. The summed E-state index contributed by atoms with van der Waals surface area (Å²) in [6.07, 6.45) is 13.2. The van der Waals surface area contributed by atoms with E-state index in [2.05, 4.69) is 20.2 Å². The van der Waals surface area contributed by atoms with Crippen molar-refractivity contribution in [1.82, 2.24) is 0 Å². The van der Waals surface area contributed by atoms with Crippen molar-refractivity contribution in [3.05, 3.63) is 64.7 Å². The zero-order valence-corrected chi connectivity index (χ0v) is 14.1. The number of hydrogen-bond acceptors (Lipinski definition) is 3. The summed E-state index contributed by atoms with van der Waals surface area (Å²) in [6.45, 7) is 12.5. The van der Waals surface area contributed by atoms with Gasteiger partial charge in [-0.1, -0.05) is 0 Å². The Hall–Kier alpha value is -0.692. The van der Waals surface area contributed by atoms with Gasteiger partial charge in [0.05, 0.1) is 5.92 Å². The fraction of sp³-hybridized carbons (Fsp3) is 0.200. The molecule has 0 aromatic heterocycles. The Labute approximate surface area is 140 Å². The molecule has 0 N–H and O–H groups in total. The molecule has 5 nitrogen and oxygen atoms in total. The van der Waals surface area contributed by atoms with Crippen LogP contribution in [0.5, 0.6) is 0 Å². The SMILES string of the molecule is [C-]#[O+].[C-]#[O+].[CH2][C]1[CH]C(CCC=O)OC1=O.[CH]1[CH][CH][CH][CH]1.[W+2]. The van der Waals surface area contributed by atoms with E-state index in [1.165, 1.54) is 0 Å². The van der Waals surface area contributed by atoms with Crippen molar-refractivity contribution in [3.8, 4) is 0 Å². The van der Waals surface area contributed by atoms with Crippen molar-refractivity contribution in [2.45, 2.75) is 18.9 Å². The number of rotatable bonds is 3. The van der Waals surface area contributed by atoms with E-state index in [-0.39, 0.29) is 33.1 Å². The molecule has 1 unspecified atom stereocenters. The van der Waals surface area contributed by atoms with Gasteiger partial charge in [-0.2, -0.15) is 0 Å². The molecule has 1 saturated heterocycles. The molecule has 0 aromatic carbocycles. The molecule has 2 fully saturated rings. The second-order valence-corrected chi connectivity index (χ2v) is 3.34. The number of esters is 1. The first-order chi connectivity index (χ1) is 9.74. The molecule has 2 aliphatic rings. The molecule has 21 heavy (non-hydrogen) atoms. The summed E-state index contributed by atoms with van der Waals surface area (Å²) in [7, 11) is 0. The van der Waals surface area contributed by atoms with E-state index in [1.54, 1.807) is 6.42 Å². The van der Waals surface area contributed by atoms with E-state index in [1.807, 2.05) is 32.1 Å². The molecule has 8 radical (unpaired) electrons. The minimum absolute atomic E-state index is 0. The molecule has 1 atom stereocenters. The first-order valence-electron chi connectivity index (χ1n) is 5.50. The second-order valence-electron chi connectivity index (χ2n) is 3.34. The van der Waals surface area contributed by atoms with Crippen molar-refractivity contribution in [3.63, 3.8) is 0 Å². The van der Waals surface area contributed by atoms with Crippen molar-refractivity contribution in [2.24, 2.45) is 0 Å². The fourth-order valence-electron chi connectivity index (χ4n) is 1.23. The van der Waals surface area contributed by atoms with Gasteiger partial charge in [0, 0.05) is 12.8 Å². The summed E-state index contributed by atoms with van der Waals surface area (Å²) in [5.74, 6) is 0.0156. The van der Waals surface area contributed by atoms with Gasteiger partial charge in [0.1, 0.15) is 12.4 Å². The average molecular weight is 458 g/mol. The number of cyclic esters (lactones) is 1. The van der Waals surface area contributed by atoms with E-state index in [0.29, 0.717) is 18.8 Å². The molecular weight excluding hydrogens is 444 g/mol. The summed E-state index contributed by atoms with van der Waals surface area (Å²) in [6, 6.07) is 0. The van der Waals surface area contributed by atoms with Gasteiger partial charge >= 0.3 is 49.6 Å². The van der Waals surface area contributed by atoms with Crippen molar-refractivity contribution >= 4 is 12.3 Å². The van der Waals surface area contributed by atoms with Crippen LogP contribution in [-0.2, 0) is 44.7 Å². The normalized spacial score (nSPS) is 19.1. The third-order valence-electron chi connectivity index (χ3n) is 2.03. The second kappa shape index (κ2) is 19.3. The van der Waals surface area contributed by atoms with E-state index >= 15 is 0 Å². The third kappa shape index (κ3) is 14.0. The maximum absolute atomic E-state index is 10.7. The standard InChI is InChI=1S/C8H9O3.C5H5.2CO.W/c1-6-5-7(3-2-4-9)11-8(6)10;1-2-4-5-3-1;2*1-2;/h4-5,7H,1-3H2;1-5H;;;/q;;;;+2. The molecule has 1 aliphatic carbocycles. The molecule has 6 heteroatoms. The average Bonchev–Trinajstić information content (AvgIpc) is 3.16. The number of carbonyl (C=O) groups excluding carboxylic acids is 2. The first kappa shape index (κ1) is 25.3. The fourth-order valence-corrected chi connectivity index (χ4v) is 1.23. The molecule has 1 aliphatic heterocycles. The van der Waals surface area contributed by atoms with Crippen LogP contribution in [0.25, 0.3) is 0 Å². The number of carbonyl (C=O) groups is 2. The Morgan fingerprint density at radius 3 is 1.86 bits per heavy atom. The largest absolute Gasteiger partial charge is 2.00 e.